The molecular weight excluding hydrogens is 414 g/mol. The van der Waals surface area contributed by atoms with Crippen LogP contribution in [0.4, 0.5) is 5.69 Å². The van der Waals surface area contributed by atoms with Gasteiger partial charge in [-0.1, -0.05) is 17.7 Å². The highest BCUT2D eigenvalue weighted by Crippen LogP contribution is 2.24. The van der Waals surface area contributed by atoms with Crippen LogP contribution in [-0.2, 0) is 14.8 Å². The van der Waals surface area contributed by atoms with Gasteiger partial charge in [-0.15, -0.1) is 0 Å². The Labute approximate surface area is 183 Å². The second-order valence-corrected chi connectivity index (χ2v) is 9.55. The predicted molar refractivity (Wildman–Crippen MR) is 118 cm³/mol. The molecular formula is C23H27N3O4S. The van der Waals surface area contributed by atoms with Crippen LogP contribution in [-0.4, -0.2) is 52.1 Å². The van der Waals surface area contributed by atoms with Crippen molar-refractivity contribution in [2.75, 3.05) is 31.1 Å². The molecule has 0 radical (unpaired) electrons. The molecule has 1 heterocycles. The van der Waals surface area contributed by atoms with Crippen LogP contribution < -0.4 is 4.31 Å². The number of carbonyl (C=O) groups excluding carboxylic acids is 1. The highest BCUT2D eigenvalue weighted by atomic mass is 32.2. The zero-order chi connectivity index (χ0) is 22.4. The molecule has 1 aliphatic heterocycles. The van der Waals surface area contributed by atoms with Gasteiger partial charge < -0.3 is 9.64 Å². The number of ether oxygens (including phenoxy) is 1. The van der Waals surface area contributed by atoms with Crippen molar-refractivity contribution in [3.8, 4) is 6.07 Å². The summed E-state index contributed by atoms with van der Waals surface area (Å²) >= 11 is 0. The number of anilines is 1. The first-order valence-corrected chi connectivity index (χ1v) is 11.7. The van der Waals surface area contributed by atoms with E-state index in [4.69, 9.17) is 10.00 Å². The minimum atomic E-state index is -3.70. The molecule has 1 saturated heterocycles. The van der Waals surface area contributed by atoms with Crippen LogP contribution in [0.1, 0.15) is 35.2 Å². The highest BCUT2D eigenvalue weighted by Gasteiger charge is 2.27. The molecule has 0 unspecified atom stereocenters. The van der Waals surface area contributed by atoms with Gasteiger partial charge in [0.1, 0.15) is 0 Å². The number of aryl methyl sites for hydroxylation is 1. The van der Waals surface area contributed by atoms with Crippen molar-refractivity contribution < 1.29 is 17.9 Å². The van der Waals surface area contributed by atoms with E-state index in [9.17, 15) is 13.2 Å². The smallest absolute Gasteiger partial charge is 0.264 e. The maximum Gasteiger partial charge on any atom is 0.264 e. The Kier molecular flexibility index (Phi) is 7.31. The van der Waals surface area contributed by atoms with E-state index in [1.165, 1.54) is 11.4 Å². The van der Waals surface area contributed by atoms with E-state index >= 15 is 0 Å². The fraction of sp³-hybridized carbons (Fsp3) is 0.391. The molecule has 3 rings (SSSR count). The van der Waals surface area contributed by atoms with E-state index in [-0.39, 0.29) is 23.3 Å². The summed E-state index contributed by atoms with van der Waals surface area (Å²) in [4.78, 5) is 15.1. The summed E-state index contributed by atoms with van der Waals surface area (Å²) in [6.07, 6.45) is 1.75. The average Bonchev–Trinajstić information content (AvgIpc) is 2.80. The van der Waals surface area contributed by atoms with Crippen LogP contribution in [0.5, 0.6) is 0 Å². The summed E-state index contributed by atoms with van der Waals surface area (Å²) < 4.78 is 32.4. The van der Waals surface area contributed by atoms with Gasteiger partial charge in [0, 0.05) is 38.4 Å². The average molecular weight is 442 g/mol. The molecule has 31 heavy (non-hydrogen) atoms. The van der Waals surface area contributed by atoms with E-state index in [0.717, 1.165) is 18.4 Å². The van der Waals surface area contributed by atoms with Crippen molar-refractivity contribution in [3.05, 3.63) is 59.7 Å². The first-order chi connectivity index (χ1) is 14.8. The van der Waals surface area contributed by atoms with Crippen molar-refractivity contribution >= 4 is 21.6 Å². The number of rotatable bonds is 7. The molecule has 1 amide bonds. The Morgan fingerprint density at radius 2 is 1.71 bits per heavy atom. The summed E-state index contributed by atoms with van der Waals surface area (Å²) in [6, 6.07) is 15.4. The number of hydrogen-bond acceptors (Lipinski definition) is 5. The lowest BCUT2D eigenvalue weighted by atomic mass is 10.0. The van der Waals surface area contributed by atoms with Gasteiger partial charge in [0.2, 0.25) is 0 Å². The highest BCUT2D eigenvalue weighted by molar-refractivity contribution is 7.92. The molecule has 2 aromatic carbocycles. The molecule has 0 bridgehead atoms. The monoisotopic (exact) mass is 441 g/mol. The molecule has 0 aliphatic carbocycles. The minimum Gasteiger partial charge on any atom is -0.381 e. The number of hydrogen-bond donors (Lipinski definition) is 0. The molecule has 7 nitrogen and oxygen atoms in total. The van der Waals surface area contributed by atoms with Crippen molar-refractivity contribution in [1.29, 1.82) is 5.26 Å². The third-order valence-corrected chi connectivity index (χ3v) is 7.31. The van der Waals surface area contributed by atoms with Crippen molar-refractivity contribution in [2.45, 2.75) is 37.1 Å². The lowest BCUT2D eigenvalue weighted by Gasteiger charge is -2.34. The quantitative estimate of drug-likeness (QED) is 0.657. The molecule has 0 atom stereocenters. The van der Waals surface area contributed by atoms with Gasteiger partial charge in [0.25, 0.3) is 15.9 Å². The maximum atomic E-state index is 13.1. The van der Waals surface area contributed by atoms with Gasteiger partial charge in [-0.3, -0.25) is 9.10 Å². The summed E-state index contributed by atoms with van der Waals surface area (Å²) in [6.45, 7) is 3.46. The fourth-order valence-corrected chi connectivity index (χ4v) is 4.80. The van der Waals surface area contributed by atoms with Gasteiger partial charge in [0.05, 0.1) is 23.1 Å². The summed E-state index contributed by atoms with van der Waals surface area (Å²) in [5, 5.41) is 8.97. The summed E-state index contributed by atoms with van der Waals surface area (Å²) in [7, 11) is -2.21. The number of nitriles is 1. The van der Waals surface area contributed by atoms with Crippen LogP contribution in [0, 0.1) is 18.3 Å². The largest absolute Gasteiger partial charge is 0.381 e. The topological polar surface area (TPSA) is 90.7 Å². The normalized spacial score (nSPS) is 14.6. The third-order valence-electron chi connectivity index (χ3n) is 5.51. The molecule has 1 fully saturated rings. The molecule has 0 aromatic heterocycles. The molecule has 0 N–H and O–H groups in total. The van der Waals surface area contributed by atoms with Crippen LogP contribution >= 0.6 is 0 Å². The summed E-state index contributed by atoms with van der Waals surface area (Å²) in [5.74, 6) is -0.155. The maximum absolute atomic E-state index is 13.1. The number of carbonyl (C=O) groups is 1. The van der Waals surface area contributed by atoms with Gasteiger partial charge in [-0.2, -0.15) is 5.26 Å². The molecule has 0 spiro atoms. The van der Waals surface area contributed by atoms with E-state index in [2.05, 4.69) is 6.07 Å². The second-order valence-electron chi connectivity index (χ2n) is 7.58. The van der Waals surface area contributed by atoms with Crippen LogP contribution in [0.3, 0.4) is 0 Å². The van der Waals surface area contributed by atoms with Gasteiger partial charge in [0.15, 0.2) is 0 Å². The zero-order valence-electron chi connectivity index (χ0n) is 17.8. The van der Waals surface area contributed by atoms with Gasteiger partial charge in [-0.05, 0) is 56.2 Å². The molecule has 8 heteroatoms. The van der Waals surface area contributed by atoms with Crippen LogP contribution in [0.25, 0.3) is 0 Å². The molecule has 1 aliphatic rings. The minimum absolute atomic E-state index is 0.0406. The Hall–Kier alpha value is -2.89. The predicted octanol–water partition coefficient (Wildman–Crippen LogP) is 3.36. The standard InChI is InChI=1S/C23H27N3O4S/c1-18-4-10-22(11-5-18)31(28,29)25(2)20-8-6-19(7-9-20)23(27)26(15-3-14-24)21-12-16-30-17-13-21/h4-11,21H,3,12-13,15-17H2,1-2H3. The first-order valence-electron chi connectivity index (χ1n) is 10.3. The Bertz CT molecular complexity index is 1040. The van der Waals surface area contributed by atoms with Crippen molar-refractivity contribution in [2.24, 2.45) is 0 Å². The zero-order valence-corrected chi connectivity index (χ0v) is 18.6. The van der Waals surface area contributed by atoms with E-state index in [0.29, 0.717) is 31.0 Å². The van der Waals surface area contributed by atoms with Crippen molar-refractivity contribution in [1.82, 2.24) is 4.90 Å². The lowest BCUT2D eigenvalue weighted by molar-refractivity contribution is 0.0296. The van der Waals surface area contributed by atoms with Crippen molar-refractivity contribution in [3.63, 3.8) is 0 Å². The Morgan fingerprint density at radius 1 is 1.10 bits per heavy atom. The van der Waals surface area contributed by atoms with E-state index in [1.54, 1.807) is 53.4 Å². The lowest BCUT2D eigenvalue weighted by Crippen LogP contribution is -2.44. The first kappa shape index (κ1) is 22.8. The fourth-order valence-electron chi connectivity index (χ4n) is 3.60. The Morgan fingerprint density at radius 3 is 2.29 bits per heavy atom. The SMILES string of the molecule is Cc1ccc(S(=O)(=O)N(C)c2ccc(C(=O)N(CCC#N)C3CCOCC3)cc2)cc1. The number of benzene rings is 2. The third kappa shape index (κ3) is 5.24. The Balaban J connectivity index is 1.79. The number of nitrogens with zero attached hydrogens (tertiary/aromatic N) is 3. The number of amides is 1. The van der Waals surface area contributed by atoms with E-state index < -0.39 is 10.0 Å². The van der Waals surface area contributed by atoms with Crippen LogP contribution in [0.15, 0.2) is 53.4 Å². The molecule has 164 valence electrons. The number of sulfonamides is 1. The van der Waals surface area contributed by atoms with Gasteiger partial charge in [-0.25, -0.2) is 8.42 Å². The second kappa shape index (κ2) is 9.94. The van der Waals surface area contributed by atoms with E-state index in [1.807, 2.05) is 6.92 Å². The molecule has 0 saturated carbocycles. The molecule has 2 aromatic rings. The van der Waals surface area contributed by atoms with Gasteiger partial charge >= 0.3 is 0 Å². The summed E-state index contributed by atoms with van der Waals surface area (Å²) in [5.41, 5.74) is 1.91. The van der Waals surface area contributed by atoms with Crippen LogP contribution in [0.2, 0.25) is 0 Å².